The van der Waals surface area contributed by atoms with E-state index in [4.69, 9.17) is 11.0 Å². The molecule has 2 aromatic rings. The smallest absolute Gasteiger partial charge is 0.145 e. The van der Waals surface area contributed by atoms with Gasteiger partial charge >= 0.3 is 0 Å². The van der Waals surface area contributed by atoms with Gasteiger partial charge in [0.05, 0.1) is 11.9 Å². The predicted molar refractivity (Wildman–Crippen MR) is 57.4 cm³/mol. The lowest BCUT2D eigenvalue weighted by atomic mass is 10.2. The first-order chi connectivity index (χ1) is 7.63. The molecule has 1 heterocycles. The number of anilines is 1. The first-order valence-electron chi connectivity index (χ1n) is 4.63. The number of nitriles is 1. The minimum absolute atomic E-state index is 0.214. The number of halogens is 1. The lowest BCUT2D eigenvalue weighted by Gasteiger charge is -2.05. The minimum atomic E-state index is -0.328. The molecule has 5 heteroatoms. The molecule has 0 amide bonds. The zero-order valence-corrected chi connectivity index (χ0v) is 8.61. The average molecular weight is 216 g/mol. The van der Waals surface area contributed by atoms with Crippen LogP contribution in [0.3, 0.4) is 0 Å². The predicted octanol–water partition coefficient (Wildman–Crippen LogP) is 1.77. The fourth-order valence-corrected chi connectivity index (χ4v) is 1.36. The summed E-state index contributed by atoms with van der Waals surface area (Å²) in [5.41, 5.74) is 7.02. The van der Waals surface area contributed by atoms with Gasteiger partial charge in [0.2, 0.25) is 0 Å². The van der Waals surface area contributed by atoms with Gasteiger partial charge in [-0.1, -0.05) is 6.07 Å². The fraction of sp³-hybridized carbons (Fsp3) is 0.0909. The lowest BCUT2D eigenvalue weighted by Crippen LogP contribution is -2.03. The second-order valence-corrected chi connectivity index (χ2v) is 3.40. The van der Waals surface area contributed by atoms with Crippen molar-refractivity contribution in [3.05, 3.63) is 41.3 Å². The first kappa shape index (κ1) is 10.2. The van der Waals surface area contributed by atoms with Gasteiger partial charge in [0.25, 0.3) is 0 Å². The summed E-state index contributed by atoms with van der Waals surface area (Å²) >= 11 is 0. The van der Waals surface area contributed by atoms with Crippen LogP contribution in [0.25, 0.3) is 5.69 Å². The summed E-state index contributed by atoms with van der Waals surface area (Å²) in [7, 11) is 0. The van der Waals surface area contributed by atoms with E-state index in [9.17, 15) is 4.39 Å². The van der Waals surface area contributed by atoms with E-state index in [1.54, 1.807) is 19.1 Å². The maximum Gasteiger partial charge on any atom is 0.145 e. The number of benzene rings is 1. The second-order valence-electron chi connectivity index (χ2n) is 3.40. The fourth-order valence-electron chi connectivity index (χ4n) is 1.36. The number of aryl methyl sites for hydroxylation is 1. The van der Waals surface area contributed by atoms with Gasteiger partial charge < -0.3 is 5.73 Å². The Bertz CT molecular complexity index is 580. The number of hydrogen-bond acceptors (Lipinski definition) is 3. The van der Waals surface area contributed by atoms with Gasteiger partial charge in [-0.15, -0.1) is 0 Å². The molecule has 0 atom stereocenters. The van der Waals surface area contributed by atoms with Crippen molar-refractivity contribution in [3.8, 4) is 11.8 Å². The molecule has 0 aliphatic heterocycles. The number of rotatable bonds is 1. The molecular formula is C11H9FN4. The van der Waals surface area contributed by atoms with Crippen LogP contribution in [-0.4, -0.2) is 9.78 Å². The standard InChI is InChI=1S/C11H9FN4/c1-7-2-3-9(4-10(7)12)16-11(14)8(5-13)6-15-16/h2-4,6H,14H2,1H3. The van der Waals surface area contributed by atoms with Gasteiger partial charge in [-0.25, -0.2) is 9.07 Å². The molecule has 2 N–H and O–H groups in total. The van der Waals surface area contributed by atoms with Crippen molar-refractivity contribution >= 4 is 5.82 Å². The van der Waals surface area contributed by atoms with Crippen molar-refractivity contribution in [1.29, 1.82) is 5.26 Å². The molecule has 80 valence electrons. The third-order valence-electron chi connectivity index (χ3n) is 2.33. The van der Waals surface area contributed by atoms with Crippen LogP contribution in [0.15, 0.2) is 24.4 Å². The molecule has 0 fully saturated rings. The van der Waals surface area contributed by atoms with Crippen LogP contribution < -0.4 is 5.73 Å². The van der Waals surface area contributed by atoms with Gasteiger partial charge in [-0.3, -0.25) is 0 Å². The summed E-state index contributed by atoms with van der Waals surface area (Å²) in [4.78, 5) is 0. The Morgan fingerprint density at radius 2 is 2.25 bits per heavy atom. The number of nitrogens with two attached hydrogens (primary N) is 1. The third-order valence-corrected chi connectivity index (χ3v) is 2.33. The van der Waals surface area contributed by atoms with Crippen LogP contribution in [0, 0.1) is 24.1 Å². The molecule has 1 aromatic carbocycles. The van der Waals surface area contributed by atoms with Gasteiger partial charge in [0.15, 0.2) is 0 Å². The molecule has 16 heavy (non-hydrogen) atoms. The SMILES string of the molecule is Cc1ccc(-n2ncc(C#N)c2N)cc1F. The third kappa shape index (κ3) is 1.50. The molecule has 0 aliphatic rings. The minimum Gasteiger partial charge on any atom is -0.382 e. The van der Waals surface area contributed by atoms with Gasteiger partial charge in [-0.05, 0) is 24.6 Å². The Morgan fingerprint density at radius 3 is 2.81 bits per heavy atom. The molecule has 0 unspecified atom stereocenters. The number of hydrogen-bond donors (Lipinski definition) is 1. The molecule has 0 aliphatic carbocycles. The largest absolute Gasteiger partial charge is 0.382 e. The molecule has 0 spiro atoms. The Hall–Kier alpha value is -2.35. The second kappa shape index (κ2) is 3.66. The summed E-state index contributed by atoms with van der Waals surface area (Å²) < 4.78 is 14.7. The highest BCUT2D eigenvalue weighted by Crippen LogP contribution is 2.18. The zero-order chi connectivity index (χ0) is 11.7. The quantitative estimate of drug-likeness (QED) is 0.789. The number of nitrogens with zero attached hydrogens (tertiary/aromatic N) is 3. The van der Waals surface area contributed by atoms with E-state index in [0.29, 0.717) is 11.3 Å². The lowest BCUT2D eigenvalue weighted by molar-refractivity contribution is 0.616. The molecule has 0 saturated heterocycles. The highest BCUT2D eigenvalue weighted by molar-refractivity contribution is 5.52. The van der Waals surface area contributed by atoms with Gasteiger partial charge in [0.1, 0.15) is 23.3 Å². The van der Waals surface area contributed by atoms with Crippen molar-refractivity contribution < 1.29 is 4.39 Å². The van der Waals surface area contributed by atoms with Crippen molar-refractivity contribution in [2.75, 3.05) is 5.73 Å². The van der Waals surface area contributed by atoms with Crippen molar-refractivity contribution in [2.45, 2.75) is 6.92 Å². The Labute approximate surface area is 91.7 Å². The Balaban J connectivity index is 2.55. The van der Waals surface area contributed by atoms with Crippen LogP contribution in [0.4, 0.5) is 10.2 Å². The van der Waals surface area contributed by atoms with Crippen LogP contribution in [0.1, 0.15) is 11.1 Å². The van der Waals surface area contributed by atoms with Crippen LogP contribution in [-0.2, 0) is 0 Å². The highest BCUT2D eigenvalue weighted by atomic mass is 19.1. The molecular weight excluding hydrogens is 207 g/mol. The summed E-state index contributed by atoms with van der Waals surface area (Å²) in [6.07, 6.45) is 1.35. The van der Waals surface area contributed by atoms with Gasteiger partial charge in [0, 0.05) is 0 Å². The van der Waals surface area contributed by atoms with E-state index >= 15 is 0 Å². The van der Waals surface area contributed by atoms with E-state index in [1.165, 1.54) is 16.9 Å². The molecule has 0 saturated carbocycles. The molecule has 0 radical (unpaired) electrons. The van der Waals surface area contributed by atoms with E-state index in [1.807, 2.05) is 6.07 Å². The summed E-state index contributed by atoms with van der Waals surface area (Å²) in [6, 6.07) is 6.58. The number of aromatic nitrogens is 2. The molecule has 1 aromatic heterocycles. The topological polar surface area (TPSA) is 67.6 Å². The van der Waals surface area contributed by atoms with E-state index in [2.05, 4.69) is 5.10 Å². The summed E-state index contributed by atoms with van der Waals surface area (Å²) in [5.74, 6) is -0.114. The normalized spacial score (nSPS) is 10.1. The summed E-state index contributed by atoms with van der Waals surface area (Å²) in [5, 5.41) is 12.7. The first-order valence-corrected chi connectivity index (χ1v) is 4.63. The Morgan fingerprint density at radius 1 is 1.50 bits per heavy atom. The Kier molecular flexibility index (Phi) is 2.33. The van der Waals surface area contributed by atoms with Gasteiger partial charge in [-0.2, -0.15) is 10.4 Å². The van der Waals surface area contributed by atoms with Crippen molar-refractivity contribution in [2.24, 2.45) is 0 Å². The monoisotopic (exact) mass is 216 g/mol. The summed E-state index contributed by atoms with van der Waals surface area (Å²) in [6.45, 7) is 1.67. The van der Waals surface area contributed by atoms with Crippen molar-refractivity contribution in [1.82, 2.24) is 9.78 Å². The van der Waals surface area contributed by atoms with E-state index < -0.39 is 0 Å². The maximum atomic E-state index is 13.3. The zero-order valence-electron chi connectivity index (χ0n) is 8.61. The van der Waals surface area contributed by atoms with Crippen LogP contribution in [0.5, 0.6) is 0 Å². The van der Waals surface area contributed by atoms with Crippen LogP contribution >= 0.6 is 0 Å². The van der Waals surface area contributed by atoms with Crippen LogP contribution in [0.2, 0.25) is 0 Å². The van der Waals surface area contributed by atoms with E-state index in [0.717, 1.165) is 0 Å². The van der Waals surface area contributed by atoms with E-state index in [-0.39, 0.29) is 17.2 Å². The number of nitrogen functional groups attached to an aromatic ring is 1. The maximum absolute atomic E-state index is 13.3. The molecule has 4 nitrogen and oxygen atoms in total. The highest BCUT2D eigenvalue weighted by Gasteiger charge is 2.09. The molecule has 0 bridgehead atoms. The van der Waals surface area contributed by atoms with Crippen molar-refractivity contribution in [3.63, 3.8) is 0 Å². The average Bonchev–Trinajstić information content (AvgIpc) is 2.64. The molecule has 2 rings (SSSR count).